The fourth-order valence-electron chi connectivity index (χ4n) is 3.04. The second kappa shape index (κ2) is 7.17. The summed E-state index contributed by atoms with van der Waals surface area (Å²) in [7, 11) is 0. The van der Waals surface area contributed by atoms with E-state index in [1.54, 1.807) is 12.1 Å². The monoisotopic (exact) mass is 380 g/mol. The lowest BCUT2D eigenvalue weighted by molar-refractivity contribution is 0.0948. The Morgan fingerprint density at radius 3 is 2.74 bits per heavy atom. The molecule has 6 nitrogen and oxygen atoms in total. The van der Waals surface area contributed by atoms with Gasteiger partial charge in [0.05, 0.1) is 5.69 Å². The van der Waals surface area contributed by atoms with Crippen LogP contribution in [0.15, 0.2) is 65.6 Å². The molecule has 3 N–H and O–H groups in total. The number of fused-ring (bicyclic) bond motifs is 1. The normalized spacial score (nSPS) is 11.0. The summed E-state index contributed by atoms with van der Waals surface area (Å²) in [5.41, 5.74) is 2.70. The van der Waals surface area contributed by atoms with Gasteiger partial charge in [-0.1, -0.05) is 29.8 Å². The van der Waals surface area contributed by atoms with Gasteiger partial charge < -0.3 is 10.3 Å². The molecule has 4 aromatic rings. The number of rotatable bonds is 5. The van der Waals surface area contributed by atoms with Crippen molar-refractivity contribution < 1.29 is 4.79 Å². The minimum absolute atomic E-state index is 0.228. The summed E-state index contributed by atoms with van der Waals surface area (Å²) < 4.78 is 1.34. The fourth-order valence-corrected chi connectivity index (χ4v) is 3.22. The summed E-state index contributed by atoms with van der Waals surface area (Å²) in [6, 6.07) is 16.1. The third-order valence-electron chi connectivity index (χ3n) is 4.39. The summed E-state index contributed by atoms with van der Waals surface area (Å²) in [5, 5.41) is 7.40. The van der Waals surface area contributed by atoms with Gasteiger partial charge >= 0.3 is 0 Å². The minimum Gasteiger partial charge on any atom is -0.361 e. The van der Waals surface area contributed by atoms with Gasteiger partial charge in [-0.25, -0.2) is 4.68 Å². The van der Waals surface area contributed by atoms with E-state index in [2.05, 4.69) is 15.4 Å². The molecule has 2 aromatic carbocycles. The molecule has 0 aliphatic rings. The Balaban J connectivity index is 1.44. The smallest absolute Gasteiger partial charge is 0.271 e. The second-order valence-electron chi connectivity index (χ2n) is 6.19. The van der Waals surface area contributed by atoms with Crippen LogP contribution in [0.25, 0.3) is 16.6 Å². The van der Waals surface area contributed by atoms with Gasteiger partial charge in [0.15, 0.2) is 0 Å². The SMILES string of the molecule is O=C(NCCc1c[nH]c2ccc(Cl)cc12)c1cc(=O)n(-c2ccccc2)[nH]1. The maximum absolute atomic E-state index is 12.4. The van der Waals surface area contributed by atoms with Crippen LogP contribution in [0.5, 0.6) is 0 Å². The van der Waals surface area contributed by atoms with Crippen LogP contribution in [0.2, 0.25) is 5.02 Å². The van der Waals surface area contributed by atoms with Crippen molar-refractivity contribution >= 4 is 28.4 Å². The lowest BCUT2D eigenvalue weighted by Crippen LogP contribution is -2.26. The molecule has 1 amide bonds. The summed E-state index contributed by atoms with van der Waals surface area (Å²) in [6.07, 6.45) is 2.57. The summed E-state index contributed by atoms with van der Waals surface area (Å²) >= 11 is 6.06. The Morgan fingerprint density at radius 2 is 1.93 bits per heavy atom. The second-order valence-corrected chi connectivity index (χ2v) is 6.63. The number of aromatic nitrogens is 3. The maximum atomic E-state index is 12.4. The summed E-state index contributed by atoms with van der Waals surface area (Å²) in [5.74, 6) is -0.320. The Hall–Kier alpha value is -3.25. The van der Waals surface area contributed by atoms with E-state index >= 15 is 0 Å². The number of nitrogens with zero attached hydrogens (tertiary/aromatic N) is 1. The molecule has 0 atom stereocenters. The molecule has 136 valence electrons. The minimum atomic E-state index is -0.320. The van der Waals surface area contributed by atoms with Gasteiger partial charge in [0, 0.05) is 34.7 Å². The number of carbonyl (C=O) groups excluding carboxylic acids is 1. The molecule has 0 radical (unpaired) electrons. The number of hydrogen-bond acceptors (Lipinski definition) is 2. The standard InChI is InChI=1S/C20H17ClN4O2/c21-14-6-7-17-16(10-14)13(12-23-17)8-9-22-20(27)18-11-19(26)25(24-18)15-4-2-1-3-5-15/h1-7,10-12,23-24H,8-9H2,(H,22,27). The van der Waals surface area contributed by atoms with Gasteiger partial charge in [-0.3, -0.25) is 14.7 Å². The van der Waals surface area contributed by atoms with Crippen LogP contribution < -0.4 is 10.9 Å². The quantitative estimate of drug-likeness (QED) is 0.496. The number of para-hydroxylation sites is 1. The number of nitrogens with one attached hydrogen (secondary N) is 3. The zero-order valence-corrected chi connectivity index (χ0v) is 15.1. The first-order chi connectivity index (χ1) is 13.1. The highest BCUT2D eigenvalue weighted by molar-refractivity contribution is 6.31. The molecule has 27 heavy (non-hydrogen) atoms. The lowest BCUT2D eigenvalue weighted by Gasteiger charge is -2.04. The number of benzene rings is 2. The van der Waals surface area contributed by atoms with Gasteiger partial charge in [0.1, 0.15) is 5.69 Å². The van der Waals surface area contributed by atoms with Crippen LogP contribution in [0.3, 0.4) is 0 Å². The predicted molar refractivity (Wildman–Crippen MR) is 106 cm³/mol. The third-order valence-corrected chi connectivity index (χ3v) is 4.62. The highest BCUT2D eigenvalue weighted by Crippen LogP contribution is 2.22. The number of H-pyrrole nitrogens is 2. The number of amides is 1. The van der Waals surface area contributed by atoms with Crippen LogP contribution in [-0.2, 0) is 6.42 Å². The Morgan fingerprint density at radius 1 is 1.11 bits per heavy atom. The van der Waals surface area contributed by atoms with Crippen molar-refractivity contribution in [3.05, 3.63) is 87.4 Å². The van der Waals surface area contributed by atoms with Gasteiger partial charge in [0.25, 0.3) is 11.5 Å². The molecule has 2 heterocycles. The molecule has 0 saturated heterocycles. The molecule has 0 unspecified atom stereocenters. The van der Waals surface area contributed by atoms with Gasteiger partial charge in [-0.2, -0.15) is 0 Å². The molecule has 0 spiro atoms. The molecule has 0 saturated carbocycles. The molecule has 0 aliphatic carbocycles. The molecular weight excluding hydrogens is 364 g/mol. The Kier molecular flexibility index (Phi) is 4.56. The van der Waals surface area contributed by atoms with Crippen LogP contribution in [0, 0.1) is 0 Å². The first kappa shape index (κ1) is 17.2. The Labute approximate surface area is 159 Å². The van der Waals surface area contributed by atoms with E-state index in [1.807, 2.05) is 42.6 Å². The van der Waals surface area contributed by atoms with Crippen molar-refractivity contribution in [2.75, 3.05) is 6.54 Å². The van der Waals surface area contributed by atoms with E-state index < -0.39 is 0 Å². The topological polar surface area (TPSA) is 82.7 Å². The van der Waals surface area contributed by atoms with Crippen LogP contribution in [-0.4, -0.2) is 27.2 Å². The third kappa shape index (κ3) is 3.52. The predicted octanol–water partition coefficient (Wildman–Crippen LogP) is 3.27. The van der Waals surface area contributed by atoms with Crippen molar-refractivity contribution in [3.63, 3.8) is 0 Å². The average Bonchev–Trinajstić information content (AvgIpc) is 3.26. The largest absolute Gasteiger partial charge is 0.361 e. The average molecular weight is 381 g/mol. The molecule has 0 fully saturated rings. The molecule has 2 aromatic heterocycles. The van der Waals surface area contributed by atoms with E-state index in [4.69, 9.17) is 11.6 Å². The number of hydrogen-bond donors (Lipinski definition) is 3. The van der Waals surface area contributed by atoms with Crippen molar-refractivity contribution in [1.82, 2.24) is 20.1 Å². The highest BCUT2D eigenvalue weighted by Gasteiger charge is 2.12. The molecule has 0 bridgehead atoms. The van der Waals surface area contributed by atoms with Crippen molar-refractivity contribution in [2.24, 2.45) is 0 Å². The number of carbonyl (C=O) groups is 1. The molecular formula is C20H17ClN4O2. The Bertz CT molecular complexity index is 1160. The zero-order valence-electron chi connectivity index (χ0n) is 14.3. The van der Waals surface area contributed by atoms with Crippen molar-refractivity contribution in [1.29, 1.82) is 0 Å². The molecule has 7 heteroatoms. The van der Waals surface area contributed by atoms with Crippen LogP contribution >= 0.6 is 11.6 Å². The van der Waals surface area contributed by atoms with E-state index in [1.165, 1.54) is 10.7 Å². The fraction of sp³-hybridized carbons (Fsp3) is 0.100. The summed E-state index contributed by atoms with van der Waals surface area (Å²) in [6.45, 7) is 0.441. The van der Waals surface area contributed by atoms with Gasteiger partial charge in [-0.05, 0) is 42.3 Å². The van der Waals surface area contributed by atoms with Crippen LogP contribution in [0.1, 0.15) is 16.1 Å². The van der Waals surface area contributed by atoms with E-state index in [0.29, 0.717) is 23.7 Å². The zero-order chi connectivity index (χ0) is 18.8. The molecule has 4 rings (SSSR count). The first-order valence-electron chi connectivity index (χ1n) is 8.53. The number of halogens is 1. The van der Waals surface area contributed by atoms with E-state index in [9.17, 15) is 9.59 Å². The molecule has 0 aliphatic heterocycles. The van der Waals surface area contributed by atoms with Crippen LogP contribution in [0.4, 0.5) is 0 Å². The number of aromatic amines is 2. The van der Waals surface area contributed by atoms with Gasteiger partial charge in [-0.15, -0.1) is 0 Å². The van der Waals surface area contributed by atoms with E-state index in [-0.39, 0.29) is 17.2 Å². The summed E-state index contributed by atoms with van der Waals surface area (Å²) in [4.78, 5) is 27.7. The highest BCUT2D eigenvalue weighted by atomic mass is 35.5. The van der Waals surface area contributed by atoms with Crippen molar-refractivity contribution in [2.45, 2.75) is 6.42 Å². The first-order valence-corrected chi connectivity index (χ1v) is 8.91. The van der Waals surface area contributed by atoms with Crippen molar-refractivity contribution in [3.8, 4) is 5.69 Å². The van der Waals surface area contributed by atoms with Gasteiger partial charge in [0.2, 0.25) is 0 Å². The maximum Gasteiger partial charge on any atom is 0.271 e. The lowest BCUT2D eigenvalue weighted by atomic mass is 10.1. The van der Waals surface area contributed by atoms with E-state index in [0.717, 1.165) is 16.5 Å².